The van der Waals surface area contributed by atoms with Crippen LogP contribution in [-0.2, 0) is 6.18 Å². The van der Waals surface area contributed by atoms with Gasteiger partial charge < -0.3 is 4.98 Å². The first kappa shape index (κ1) is 11.0. The highest BCUT2D eigenvalue weighted by molar-refractivity contribution is 6.35. The zero-order chi connectivity index (χ0) is 11.9. The van der Waals surface area contributed by atoms with Crippen LogP contribution >= 0.6 is 11.6 Å². The molecule has 2 aromatic rings. The summed E-state index contributed by atoms with van der Waals surface area (Å²) in [5, 5.41) is 0.150. The van der Waals surface area contributed by atoms with E-state index in [0.29, 0.717) is 5.39 Å². The Morgan fingerprint density at radius 2 is 1.88 bits per heavy atom. The summed E-state index contributed by atoms with van der Waals surface area (Å²) in [6, 6.07) is 3.06. The van der Waals surface area contributed by atoms with Crippen LogP contribution in [0.2, 0.25) is 5.02 Å². The van der Waals surface area contributed by atoms with Gasteiger partial charge in [0.15, 0.2) is 0 Å². The highest BCUT2D eigenvalue weighted by Gasteiger charge is 2.31. The average Bonchev–Trinajstić information content (AvgIpc) is 2.18. The van der Waals surface area contributed by atoms with E-state index in [1.807, 2.05) is 0 Å². The monoisotopic (exact) mass is 247 g/mol. The summed E-state index contributed by atoms with van der Waals surface area (Å²) < 4.78 is 37.4. The number of rotatable bonds is 0. The van der Waals surface area contributed by atoms with E-state index in [1.54, 1.807) is 0 Å². The fraction of sp³-hybridized carbons (Fsp3) is 0.100. The summed E-state index contributed by atoms with van der Waals surface area (Å²) in [7, 11) is 0. The molecule has 0 amide bonds. The van der Waals surface area contributed by atoms with Gasteiger partial charge in [-0.05, 0) is 18.2 Å². The second-order valence-electron chi connectivity index (χ2n) is 3.22. The minimum atomic E-state index is -4.51. The molecule has 2 nitrogen and oxygen atoms in total. The van der Waals surface area contributed by atoms with Gasteiger partial charge in [-0.3, -0.25) is 4.79 Å². The SMILES string of the molecule is O=c1[nH]ccc2c(Cl)cc(C(F)(F)F)cc12. The number of hydrogen-bond acceptors (Lipinski definition) is 1. The highest BCUT2D eigenvalue weighted by atomic mass is 35.5. The summed E-state index contributed by atoms with van der Waals surface area (Å²) in [4.78, 5) is 13.6. The largest absolute Gasteiger partial charge is 0.416 e. The zero-order valence-electron chi connectivity index (χ0n) is 7.73. The first-order chi connectivity index (χ1) is 7.39. The van der Waals surface area contributed by atoms with Gasteiger partial charge in [-0.1, -0.05) is 11.6 Å². The van der Waals surface area contributed by atoms with Crippen LogP contribution in [-0.4, -0.2) is 4.98 Å². The van der Waals surface area contributed by atoms with Crippen molar-refractivity contribution in [1.29, 1.82) is 0 Å². The summed E-state index contributed by atoms with van der Waals surface area (Å²) in [5.74, 6) is 0. The average molecular weight is 248 g/mol. The van der Waals surface area contributed by atoms with Gasteiger partial charge in [-0.25, -0.2) is 0 Å². The highest BCUT2D eigenvalue weighted by Crippen LogP contribution is 2.33. The topological polar surface area (TPSA) is 32.9 Å². The molecule has 84 valence electrons. The molecule has 0 saturated carbocycles. The van der Waals surface area contributed by atoms with Gasteiger partial charge in [0.2, 0.25) is 0 Å². The molecule has 1 aromatic carbocycles. The molecule has 0 unspecified atom stereocenters. The van der Waals surface area contributed by atoms with Gasteiger partial charge in [0.05, 0.1) is 5.56 Å². The van der Waals surface area contributed by atoms with Crippen LogP contribution < -0.4 is 5.56 Å². The lowest BCUT2D eigenvalue weighted by Gasteiger charge is -2.08. The molecule has 0 bridgehead atoms. The van der Waals surface area contributed by atoms with Crippen molar-refractivity contribution in [2.75, 3.05) is 0 Å². The Hall–Kier alpha value is -1.49. The van der Waals surface area contributed by atoms with Crippen molar-refractivity contribution in [3.05, 3.63) is 45.3 Å². The number of fused-ring (bicyclic) bond motifs is 1. The first-order valence-corrected chi connectivity index (χ1v) is 4.65. The van der Waals surface area contributed by atoms with Crippen molar-refractivity contribution in [1.82, 2.24) is 4.98 Å². The Bertz CT molecular complexity index is 603. The maximum atomic E-state index is 12.5. The number of alkyl halides is 3. The third-order valence-corrected chi connectivity index (χ3v) is 2.48. The van der Waals surface area contributed by atoms with Crippen molar-refractivity contribution >= 4 is 22.4 Å². The molecule has 0 saturated heterocycles. The Morgan fingerprint density at radius 3 is 2.50 bits per heavy atom. The van der Waals surface area contributed by atoms with Crippen LogP contribution in [0.1, 0.15) is 5.56 Å². The summed E-state index contributed by atoms with van der Waals surface area (Å²) in [5.41, 5.74) is -1.52. The van der Waals surface area contributed by atoms with Crippen LogP contribution in [0.4, 0.5) is 13.2 Å². The van der Waals surface area contributed by atoms with Crippen LogP contribution in [0.15, 0.2) is 29.2 Å². The van der Waals surface area contributed by atoms with E-state index in [9.17, 15) is 18.0 Å². The third-order valence-electron chi connectivity index (χ3n) is 2.17. The lowest BCUT2D eigenvalue weighted by atomic mass is 10.1. The van der Waals surface area contributed by atoms with E-state index in [-0.39, 0.29) is 10.4 Å². The Labute approximate surface area is 92.7 Å². The van der Waals surface area contributed by atoms with Crippen LogP contribution in [0.3, 0.4) is 0 Å². The molecule has 1 heterocycles. The molecule has 0 fully saturated rings. The van der Waals surface area contributed by atoms with Crippen LogP contribution in [0.25, 0.3) is 10.8 Å². The molecular weight excluding hydrogens is 243 g/mol. The molecule has 0 aliphatic rings. The molecule has 0 radical (unpaired) electrons. The molecule has 16 heavy (non-hydrogen) atoms. The van der Waals surface area contributed by atoms with Gasteiger partial charge >= 0.3 is 6.18 Å². The minimum Gasteiger partial charge on any atom is -0.329 e. The van der Waals surface area contributed by atoms with Crippen molar-refractivity contribution in [3.8, 4) is 0 Å². The summed E-state index contributed by atoms with van der Waals surface area (Å²) in [6.45, 7) is 0. The second kappa shape index (κ2) is 3.52. The molecular formula is C10H5ClF3NO. The molecule has 0 spiro atoms. The van der Waals surface area contributed by atoms with Gasteiger partial charge in [-0.2, -0.15) is 13.2 Å². The van der Waals surface area contributed by atoms with E-state index >= 15 is 0 Å². The predicted molar refractivity (Wildman–Crippen MR) is 54.6 cm³/mol. The quantitative estimate of drug-likeness (QED) is 0.762. The van der Waals surface area contributed by atoms with Crippen molar-refractivity contribution in [2.24, 2.45) is 0 Å². The Morgan fingerprint density at radius 1 is 1.19 bits per heavy atom. The van der Waals surface area contributed by atoms with Crippen molar-refractivity contribution in [3.63, 3.8) is 0 Å². The Kier molecular flexibility index (Phi) is 2.42. The molecule has 1 N–H and O–H groups in total. The molecule has 0 aliphatic carbocycles. The van der Waals surface area contributed by atoms with E-state index in [1.165, 1.54) is 12.3 Å². The van der Waals surface area contributed by atoms with Gasteiger partial charge in [-0.15, -0.1) is 0 Å². The van der Waals surface area contributed by atoms with Crippen LogP contribution in [0, 0.1) is 0 Å². The molecule has 6 heteroatoms. The summed E-state index contributed by atoms with van der Waals surface area (Å²) >= 11 is 5.69. The van der Waals surface area contributed by atoms with E-state index < -0.39 is 17.3 Å². The smallest absolute Gasteiger partial charge is 0.329 e. The van der Waals surface area contributed by atoms with E-state index in [0.717, 1.165) is 12.1 Å². The number of aromatic nitrogens is 1. The fourth-order valence-electron chi connectivity index (χ4n) is 1.42. The molecule has 0 aliphatic heterocycles. The zero-order valence-corrected chi connectivity index (χ0v) is 8.49. The number of benzene rings is 1. The van der Waals surface area contributed by atoms with E-state index in [4.69, 9.17) is 11.6 Å². The normalized spacial score (nSPS) is 12.0. The number of hydrogen-bond donors (Lipinski definition) is 1. The minimum absolute atomic E-state index is 0.0673. The molecule has 1 aromatic heterocycles. The van der Waals surface area contributed by atoms with E-state index in [2.05, 4.69) is 4.98 Å². The van der Waals surface area contributed by atoms with Gasteiger partial charge in [0.25, 0.3) is 5.56 Å². The lowest BCUT2D eigenvalue weighted by molar-refractivity contribution is -0.137. The number of aromatic amines is 1. The molecule has 0 atom stereocenters. The second-order valence-corrected chi connectivity index (χ2v) is 3.63. The standard InChI is InChI=1S/C10H5ClF3NO/c11-8-4-5(10(12,13)14)3-7-6(8)1-2-15-9(7)16/h1-4H,(H,15,16). The van der Waals surface area contributed by atoms with Gasteiger partial charge in [0.1, 0.15) is 0 Å². The maximum Gasteiger partial charge on any atom is 0.416 e. The number of pyridine rings is 1. The molecule has 2 rings (SSSR count). The number of H-pyrrole nitrogens is 1. The van der Waals surface area contributed by atoms with Gasteiger partial charge in [0, 0.05) is 22.0 Å². The van der Waals surface area contributed by atoms with Crippen molar-refractivity contribution in [2.45, 2.75) is 6.18 Å². The first-order valence-electron chi connectivity index (χ1n) is 4.28. The lowest BCUT2D eigenvalue weighted by Crippen LogP contribution is -2.09. The van der Waals surface area contributed by atoms with Crippen LogP contribution in [0.5, 0.6) is 0 Å². The van der Waals surface area contributed by atoms with Crippen molar-refractivity contribution < 1.29 is 13.2 Å². The fourth-order valence-corrected chi connectivity index (χ4v) is 1.70. The maximum absolute atomic E-state index is 12.5. The number of halogens is 4. The summed E-state index contributed by atoms with van der Waals surface area (Å²) in [6.07, 6.45) is -3.18. The third kappa shape index (κ3) is 1.78. The Balaban J connectivity index is 2.86. The number of nitrogens with one attached hydrogen (secondary N) is 1. The predicted octanol–water partition coefficient (Wildman–Crippen LogP) is 3.20.